The van der Waals surface area contributed by atoms with Crippen LogP contribution in [0.5, 0.6) is 5.75 Å². The largest absolute Gasteiger partial charge is 0.497 e. The Hall–Kier alpha value is -3.59. The molecule has 2 aromatic heterocycles. The van der Waals surface area contributed by atoms with Gasteiger partial charge >= 0.3 is 0 Å². The molecule has 34 heavy (non-hydrogen) atoms. The van der Waals surface area contributed by atoms with Crippen molar-refractivity contribution in [3.05, 3.63) is 76.2 Å². The number of anilines is 1. The molecule has 0 fully saturated rings. The molecule has 4 rings (SSSR count). The van der Waals surface area contributed by atoms with Gasteiger partial charge in [0, 0.05) is 24.8 Å². The fourth-order valence-corrected chi connectivity index (χ4v) is 4.56. The second kappa shape index (κ2) is 10.6. The lowest BCUT2D eigenvalue weighted by Crippen LogP contribution is -2.26. The van der Waals surface area contributed by atoms with Crippen LogP contribution < -0.4 is 15.6 Å². The maximum absolute atomic E-state index is 13.5. The second-order valence-corrected chi connectivity index (χ2v) is 8.70. The number of aromatic nitrogens is 4. The van der Waals surface area contributed by atoms with Gasteiger partial charge in [0.1, 0.15) is 11.3 Å². The van der Waals surface area contributed by atoms with Crippen LogP contribution in [0.2, 0.25) is 0 Å². The quantitative estimate of drug-likeness (QED) is 0.290. The smallest absolute Gasteiger partial charge is 0.280 e. The molecule has 0 atom stereocenters. The Labute approximate surface area is 202 Å². The van der Waals surface area contributed by atoms with Crippen molar-refractivity contribution in [1.29, 1.82) is 0 Å². The third-order valence-electron chi connectivity index (χ3n) is 5.43. The summed E-state index contributed by atoms with van der Waals surface area (Å²) in [6.45, 7) is 4.83. The number of hydrogen-bond donors (Lipinski definition) is 1. The number of carbonyl (C=O) groups is 1. The lowest BCUT2D eigenvalue weighted by atomic mass is 10.1. The Kier molecular flexibility index (Phi) is 7.32. The molecule has 176 valence electrons. The highest BCUT2D eigenvalue weighted by Gasteiger charge is 2.19. The average molecular weight is 478 g/mol. The van der Waals surface area contributed by atoms with Gasteiger partial charge in [-0.25, -0.2) is 4.98 Å². The first-order chi connectivity index (χ1) is 16.5. The summed E-state index contributed by atoms with van der Waals surface area (Å²) in [6.07, 6.45) is 0.677. The standard InChI is InChI=1S/C25H27N5O3S/c1-4-30-23-22(17(2)28-30)27-25(29(24(23)32)14-13-18-9-6-5-7-10-18)34-16-21(31)26-19-11-8-12-20(15-19)33-3/h5-12,15H,4,13-14,16H2,1-3H3,(H,26,31). The molecule has 1 amide bonds. The van der Waals surface area contributed by atoms with Gasteiger partial charge in [0.25, 0.3) is 5.56 Å². The number of amides is 1. The van der Waals surface area contributed by atoms with Gasteiger partial charge in [0.2, 0.25) is 5.91 Å². The van der Waals surface area contributed by atoms with Crippen LogP contribution in [0.1, 0.15) is 18.2 Å². The minimum atomic E-state index is -0.191. The molecule has 8 nitrogen and oxygen atoms in total. The number of benzene rings is 2. The molecule has 0 radical (unpaired) electrons. The summed E-state index contributed by atoms with van der Waals surface area (Å²) >= 11 is 1.25. The van der Waals surface area contributed by atoms with Crippen LogP contribution in [0.3, 0.4) is 0 Å². The predicted octanol–water partition coefficient (Wildman–Crippen LogP) is 3.90. The number of fused-ring (bicyclic) bond motifs is 1. The van der Waals surface area contributed by atoms with Crippen molar-refractivity contribution in [3.8, 4) is 5.75 Å². The zero-order valence-corrected chi connectivity index (χ0v) is 20.3. The van der Waals surface area contributed by atoms with E-state index < -0.39 is 0 Å². The molecule has 0 aliphatic carbocycles. The van der Waals surface area contributed by atoms with Gasteiger partial charge in [-0.3, -0.25) is 18.8 Å². The van der Waals surface area contributed by atoms with Gasteiger partial charge in [0.05, 0.1) is 18.6 Å². The molecule has 2 heterocycles. The summed E-state index contributed by atoms with van der Waals surface area (Å²) in [4.78, 5) is 30.9. The van der Waals surface area contributed by atoms with Crippen LogP contribution in [-0.2, 0) is 24.3 Å². The van der Waals surface area contributed by atoms with Crippen LogP contribution in [0.25, 0.3) is 11.0 Å². The Bertz CT molecular complexity index is 1360. The molecule has 0 saturated carbocycles. The first kappa shape index (κ1) is 23.6. The maximum atomic E-state index is 13.5. The van der Waals surface area contributed by atoms with Crippen molar-refractivity contribution in [2.75, 3.05) is 18.2 Å². The van der Waals surface area contributed by atoms with Crippen LogP contribution >= 0.6 is 11.8 Å². The molecule has 0 unspecified atom stereocenters. The van der Waals surface area contributed by atoms with Gasteiger partial charge in [-0.05, 0) is 38.0 Å². The highest BCUT2D eigenvalue weighted by atomic mass is 32.2. The van der Waals surface area contributed by atoms with E-state index >= 15 is 0 Å². The maximum Gasteiger partial charge on any atom is 0.280 e. The van der Waals surface area contributed by atoms with Crippen molar-refractivity contribution < 1.29 is 9.53 Å². The first-order valence-corrected chi connectivity index (χ1v) is 12.1. The number of rotatable bonds is 9. The van der Waals surface area contributed by atoms with E-state index in [4.69, 9.17) is 9.72 Å². The molecule has 4 aromatic rings. The summed E-state index contributed by atoms with van der Waals surface area (Å²) < 4.78 is 8.57. The summed E-state index contributed by atoms with van der Waals surface area (Å²) in [5.41, 5.74) is 3.42. The lowest BCUT2D eigenvalue weighted by molar-refractivity contribution is -0.113. The first-order valence-electron chi connectivity index (χ1n) is 11.1. The van der Waals surface area contributed by atoms with E-state index in [0.29, 0.717) is 52.8 Å². The molecule has 1 N–H and O–H groups in total. The Balaban J connectivity index is 1.61. The highest BCUT2D eigenvalue weighted by Crippen LogP contribution is 2.22. The van der Waals surface area contributed by atoms with Crippen molar-refractivity contribution in [2.45, 2.75) is 38.5 Å². The molecule has 0 saturated heterocycles. The van der Waals surface area contributed by atoms with E-state index in [1.807, 2.05) is 56.3 Å². The molecule has 9 heteroatoms. The average Bonchev–Trinajstić information content (AvgIpc) is 3.18. The summed E-state index contributed by atoms with van der Waals surface area (Å²) in [7, 11) is 1.58. The number of aryl methyl sites for hydroxylation is 3. The van der Waals surface area contributed by atoms with Crippen molar-refractivity contribution in [2.24, 2.45) is 0 Å². The molecular formula is C25H27N5O3S. The molecule has 0 aliphatic rings. The Morgan fingerprint density at radius 3 is 2.68 bits per heavy atom. The van der Waals surface area contributed by atoms with Gasteiger partial charge in [-0.2, -0.15) is 5.10 Å². The minimum absolute atomic E-state index is 0.113. The van der Waals surface area contributed by atoms with E-state index in [2.05, 4.69) is 10.4 Å². The van der Waals surface area contributed by atoms with Gasteiger partial charge in [0.15, 0.2) is 10.7 Å². The van der Waals surface area contributed by atoms with E-state index in [0.717, 1.165) is 5.56 Å². The SMILES string of the molecule is CCn1nc(C)c2nc(SCC(=O)Nc3cccc(OC)c3)n(CCc3ccccc3)c(=O)c21. The van der Waals surface area contributed by atoms with Crippen LogP contribution in [0, 0.1) is 6.92 Å². The van der Waals surface area contributed by atoms with Crippen molar-refractivity contribution >= 4 is 34.4 Å². The lowest BCUT2D eigenvalue weighted by Gasteiger charge is -2.13. The normalized spacial score (nSPS) is 11.0. The molecule has 0 bridgehead atoms. The van der Waals surface area contributed by atoms with Crippen molar-refractivity contribution in [3.63, 3.8) is 0 Å². The van der Waals surface area contributed by atoms with E-state index in [9.17, 15) is 9.59 Å². The number of nitrogens with zero attached hydrogens (tertiary/aromatic N) is 4. The Morgan fingerprint density at radius 2 is 1.94 bits per heavy atom. The summed E-state index contributed by atoms with van der Waals surface area (Å²) in [6, 6.07) is 17.2. The third-order valence-corrected chi connectivity index (χ3v) is 6.41. The van der Waals surface area contributed by atoms with Crippen LogP contribution in [0.4, 0.5) is 5.69 Å². The fourth-order valence-electron chi connectivity index (χ4n) is 3.74. The number of thioether (sulfide) groups is 1. The fraction of sp³-hybridized carbons (Fsp3) is 0.280. The van der Waals surface area contributed by atoms with Crippen LogP contribution in [-0.4, -0.2) is 38.1 Å². The Morgan fingerprint density at radius 1 is 1.15 bits per heavy atom. The zero-order chi connectivity index (χ0) is 24.1. The number of nitrogens with one attached hydrogen (secondary N) is 1. The highest BCUT2D eigenvalue weighted by molar-refractivity contribution is 7.99. The van der Waals surface area contributed by atoms with E-state index in [-0.39, 0.29) is 17.2 Å². The zero-order valence-electron chi connectivity index (χ0n) is 19.4. The monoisotopic (exact) mass is 477 g/mol. The number of carbonyl (C=O) groups excluding carboxylic acids is 1. The number of methoxy groups -OCH3 is 1. The minimum Gasteiger partial charge on any atom is -0.497 e. The number of hydrogen-bond acceptors (Lipinski definition) is 6. The number of ether oxygens (including phenoxy) is 1. The predicted molar refractivity (Wildman–Crippen MR) is 135 cm³/mol. The molecule has 2 aromatic carbocycles. The van der Waals surface area contributed by atoms with Gasteiger partial charge in [-0.15, -0.1) is 0 Å². The topological polar surface area (TPSA) is 91.0 Å². The second-order valence-electron chi connectivity index (χ2n) is 7.75. The van der Waals surface area contributed by atoms with E-state index in [1.54, 1.807) is 28.5 Å². The molecular weight excluding hydrogens is 450 g/mol. The van der Waals surface area contributed by atoms with E-state index in [1.165, 1.54) is 11.8 Å². The van der Waals surface area contributed by atoms with Crippen molar-refractivity contribution in [1.82, 2.24) is 19.3 Å². The summed E-state index contributed by atoms with van der Waals surface area (Å²) in [5, 5.41) is 7.85. The van der Waals surface area contributed by atoms with Crippen LogP contribution in [0.15, 0.2) is 64.5 Å². The van der Waals surface area contributed by atoms with Gasteiger partial charge < -0.3 is 10.1 Å². The third kappa shape index (κ3) is 5.14. The molecule has 0 aliphatic heterocycles. The molecule has 0 spiro atoms. The summed E-state index contributed by atoms with van der Waals surface area (Å²) in [5.74, 6) is 0.584. The van der Waals surface area contributed by atoms with Gasteiger partial charge in [-0.1, -0.05) is 48.2 Å².